The predicted molar refractivity (Wildman–Crippen MR) is 82.4 cm³/mol. The summed E-state index contributed by atoms with van der Waals surface area (Å²) in [5.74, 6) is 0.897. The van der Waals surface area contributed by atoms with Gasteiger partial charge in [0.05, 0.1) is 5.69 Å². The highest BCUT2D eigenvalue weighted by Crippen LogP contribution is 2.19. The highest BCUT2D eigenvalue weighted by Gasteiger charge is 2.14. The number of nitrogens with one attached hydrogen (secondary N) is 1. The van der Waals surface area contributed by atoms with Crippen molar-refractivity contribution in [2.24, 2.45) is 5.92 Å². The number of nitrogens with zero attached hydrogens (tertiary/aromatic N) is 2. The Morgan fingerprint density at radius 2 is 2.32 bits per heavy atom. The molecule has 0 saturated carbocycles. The van der Waals surface area contributed by atoms with Crippen molar-refractivity contribution in [3.63, 3.8) is 0 Å². The van der Waals surface area contributed by atoms with Gasteiger partial charge in [0, 0.05) is 18.5 Å². The third kappa shape index (κ3) is 5.21. The fourth-order valence-electron chi connectivity index (χ4n) is 2.58. The van der Waals surface area contributed by atoms with E-state index < -0.39 is 0 Å². The Balaban J connectivity index is 1.78. The van der Waals surface area contributed by atoms with Gasteiger partial charge in [-0.15, -0.1) is 11.3 Å². The van der Waals surface area contributed by atoms with E-state index >= 15 is 0 Å². The number of hydrogen-bond acceptors (Lipinski definition) is 4. The monoisotopic (exact) mass is 281 g/mol. The van der Waals surface area contributed by atoms with Crippen molar-refractivity contribution in [3.05, 3.63) is 16.1 Å². The van der Waals surface area contributed by atoms with Gasteiger partial charge < -0.3 is 5.32 Å². The summed E-state index contributed by atoms with van der Waals surface area (Å²) in [6, 6.07) is 0. The van der Waals surface area contributed by atoms with Gasteiger partial charge in [0.2, 0.25) is 0 Å². The van der Waals surface area contributed by atoms with Crippen LogP contribution in [0.1, 0.15) is 50.2 Å². The molecule has 0 aromatic carbocycles. The summed E-state index contributed by atoms with van der Waals surface area (Å²) in [6.07, 6.45) is 5.26. The lowest BCUT2D eigenvalue weighted by Gasteiger charge is -2.18. The van der Waals surface area contributed by atoms with Crippen molar-refractivity contribution in [2.75, 3.05) is 19.6 Å². The van der Waals surface area contributed by atoms with Crippen LogP contribution in [0.4, 0.5) is 0 Å². The molecule has 0 aliphatic carbocycles. The minimum absolute atomic E-state index is 0.897. The van der Waals surface area contributed by atoms with Crippen LogP contribution in [0.2, 0.25) is 0 Å². The standard InChI is InChI=1S/C15H27N3S/c1-3-7-16-10-15-17-14(12-19-15)11-18-8-4-5-13(2)6-9-18/h12-13,16H,3-11H2,1-2H3. The molecule has 19 heavy (non-hydrogen) atoms. The van der Waals surface area contributed by atoms with Gasteiger partial charge >= 0.3 is 0 Å². The summed E-state index contributed by atoms with van der Waals surface area (Å²) < 4.78 is 0. The fourth-order valence-corrected chi connectivity index (χ4v) is 3.34. The van der Waals surface area contributed by atoms with Crippen LogP contribution in [-0.2, 0) is 13.1 Å². The van der Waals surface area contributed by atoms with Gasteiger partial charge in [-0.1, -0.05) is 13.8 Å². The second kappa shape index (κ2) is 7.98. The minimum Gasteiger partial charge on any atom is -0.310 e. The lowest BCUT2D eigenvalue weighted by Crippen LogP contribution is -2.24. The molecule has 1 aliphatic rings. The highest BCUT2D eigenvalue weighted by molar-refractivity contribution is 7.09. The first-order chi connectivity index (χ1) is 9.28. The van der Waals surface area contributed by atoms with Gasteiger partial charge in [-0.05, 0) is 51.2 Å². The van der Waals surface area contributed by atoms with Crippen molar-refractivity contribution < 1.29 is 0 Å². The third-order valence-electron chi connectivity index (χ3n) is 3.80. The molecule has 2 rings (SSSR count). The molecule has 0 amide bonds. The van der Waals surface area contributed by atoms with Crippen LogP contribution in [0.3, 0.4) is 0 Å². The molecule has 3 nitrogen and oxygen atoms in total. The molecule has 1 N–H and O–H groups in total. The van der Waals surface area contributed by atoms with Crippen LogP contribution in [0, 0.1) is 5.92 Å². The van der Waals surface area contributed by atoms with E-state index in [1.54, 1.807) is 11.3 Å². The maximum Gasteiger partial charge on any atom is 0.107 e. The maximum atomic E-state index is 4.74. The molecule has 0 bridgehead atoms. The number of hydrogen-bond donors (Lipinski definition) is 1. The van der Waals surface area contributed by atoms with Crippen LogP contribution in [0.15, 0.2) is 5.38 Å². The first kappa shape index (κ1) is 14.9. The maximum absolute atomic E-state index is 4.74. The Bertz CT molecular complexity index is 364. The molecule has 1 aliphatic heterocycles. The van der Waals surface area contributed by atoms with Gasteiger partial charge in [-0.2, -0.15) is 0 Å². The summed E-state index contributed by atoms with van der Waals surface area (Å²) in [6.45, 7) is 10.1. The molecule has 4 heteroatoms. The Labute approximate surface area is 121 Å². The molecule has 2 heterocycles. The molecule has 1 fully saturated rings. The van der Waals surface area contributed by atoms with Gasteiger partial charge in [0.15, 0.2) is 0 Å². The molecule has 1 aromatic rings. The fraction of sp³-hybridized carbons (Fsp3) is 0.800. The molecule has 1 saturated heterocycles. The van der Waals surface area contributed by atoms with Gasteiger partial charge in [0.1, 0.15) is 5.01 Å². The SMILES string of the molecule is CCCNCc1nc(CN2CCCC(C)CC2)cs1. The smallest absolute Gasteiger partial charge is 0.107 e. The van der Waals surface area contributed by atoms with Crippen LogP contribution in [0.25, 0.3) is 0 Å². The van der Waals surface area contributed by atoms with E-state index in [4.69, 9.17) is 4.98 Å². The quantitative estimate of drug-likeness (QED) is 0.811. The van der Waals surface area contributed by atoms with Crippen LogP contribution >= 0.6 is 11.3 Å². The van der Waals surface area contributed by atoms with E-state index in [2.05, 4.69) is 29.4 Å². The lowest BCUT2D eigenvalue weighted by molar-refractivity contribution is 0.271. The molecule has 1 atom stereocenters. The molecule has 1 aromatic heterocycles. The zero-order chi connectivity index (χ0) is 13.5. The zero-order valence-corrected chi connectivity index (χ0v) is 13.1. The molecule has 108 valence electrons. The van der Waals surface area contributed by atoms with E-state index in [9.17, 15) is 0 Å². The third-order valence-corrected chi connectivity index (χ3v) is 4.69. The van der Waals surface area contributed by atoms with Crippen molar-refractivity contribution in [1.82, 2.24) is 15.2 Å². The number of likely N-dealkylation sites (tertiary alicyclic amines) is 1. The molecular formula is C15H27N3S. The molecule has 0 spiro atoms. The van der Waals surface area contributed by atoms with Crippen LogP contribution < -0.4 is 5.32 Å². The molecular weight excluding hydrogens is 254 g/mol. The summed E-state index contributed by atoms with van der Waals surface area (Å²) in [4.78, 5) is 7.31. The van der Waals surface area contributed by atoms with E-state index in [0.717, 1.165) is 25.6 Å². The average Bonchev–Trinajstić information content (AvgIpc) is 2.73. The summed E-state index contributed by atoms with van der Waals surface area (Å²) >= 11 is 1.79. The minimum atomic E-state index is 0.897. The summed E-state index contributed by atoms with van der Waals surface area (Å²) in [5.41, 5.74) is 1.26. The average molecular weight is 281 g/mol. The van der Waals surface area contributed by atoms with E-state index in [1.807, 2.05) is 0 Å². The van der Waals surface area contributed by atoms with E-state index in [-0.39, 0.29) is 0 Å². The van der Waals surface area contributed by atoms with Crippen molar-refractivity contribution in [1.29, 1.82) is 0 Å². The molecule has 0 radical (unpaired) electrons. The summed E-state index contributed by atoms with van der Waals surface area (Å²) in [5, 5.41) is 6.88. The Kier molecular flexibility index (Phi) is 6.28. The second-order valence-corrected chi connectivity index (χ2v) is 6.66. The van der Waals surface area contributed by atoms with Gasteiger partial charge in [-0.3, -0.25) is 4.90 Å². The van der Waals surface area contributed by atoms with E-state index in [1.165, 1.54) is 49.5 Å². The predicted octanol–water partition coefficient (Wildman–Crippen LogP) is 3.26. The highest BCUT2D eigenvalue weighted by atomic mass is 32.1. The lowest BCUT2D eigenvalue weighted by atomic mass is 10.0. The van der Waals surface area contributed by atoms with E-state index in [0.29, 0.717) is 0 Å². The largest absolute Gasteiger partial charge is 0.310 e. The second-order valence-electron chi connectivity index (χ2n) is 5.72. The van der Waals surface area contributed by atoms with Crippen LogP contribution in [0.5, 0.6) is 0 Å². The van der Waals surface area contributed by atoms with Crippen molar-refractivity contribution >= 4 is 11.3 Å². The number of aromatic nitrogens is 1. The van der Waals surface area contributed by atoms with Crippen LogP contribution in [-0.4, -0.2) is 29.5 Å². The first-order valence-corrected chi connectivity index (χ1v) is 8.52. The number of rotatable bonds is 6. The van der Waals surface area contributed by atoms with Crippen molar-refractivity contribution in [3.8, 4) is 0 Å². The molecule has 1 unspecified atom stereocenters. The number of thiazole rings is 1. The normalized spacial score (nSPS) is 21.5. The first-order valence-electron chi connectivity index (χ1n) is 7.64. The Morgan fingerprint density at radius 3 is 3.16 bits per heavy atom. The topological polar surface area (TPSA) is 28.2 Å². The van der Waals surface area contributed by atoms with Gasteiger partial charge in [-0.25, -0.2) is 4.98 Å². The van der Waals surface area contributed by atoms with Crippen molar-refractivity contribution in [2.45, 2.75) is 52.6 Å². The Hall–Kier alpha value is -0.450. The zero-order valence-electron chi connectivity index (χ0n) is 12.3. The van der Waals surface area contributed by atoms with Gasteiger partial charge in [0.25, 0.3) is 0 Å². The summed E-state index contributed by atoms with van der Waals surface area (Å²) in [7, 11) is 0. The Morgan fingerprint density at radius 1 is 1.42 bits per heavy atom.